The van der Waals surface area contributed by atoms with E-state index >= 15 is 0 Å². The first kappa shape index (κ1) is 14.0. The third kappa shape index (κ3) is 2.93. The predicted octanol–water partition coefficient (Wildman–Crippen LogP) is 2.17. The number of carbonyl (C=O) groups excluding carboxylic acids is 1. The van der Waals surface area contributed by atoms with Gasteiger partial charge in [0.1, 0.15) is 11.5 Å². The zero-order valence-corrected chi connectivity index (χ0v) is 11.9. The fraction of sp³-hybridized carbons (Fsp3) is 0.267. The maximum absolute atomic E-state index is 11.7. The number of anilines is 2. The molecule has 0 unspecified atom stereocenters. The number of amides is 1. The van der Waals surface area contributed by atoms with Crippen molar-refractivity contribution in [3.8, 4) is 0 Å². The number of aryl methyl sites for hydroxylation is 1. The number of nitrogens with two attached hydrogens (primary N) is 1. The van der Waals surface area contributed by atoms with E-state index in [9.17, 15) is 4.79 Å². The standard InChI is InChI=1S/C15H19N3O2/c1-10-4-6-12(20-10)9-18(3)14-8-11(15(19)17-2)5-7-13(14)16/h4-8H,9,16H2,1-3H3,(H,17,19). The van der Waals surface area contributed by atoms with Crippen LogP contribution in [0, 0.1) is 6.92 Å². The lowest BCUT2D eigenvalue weighted by molar-refractivity contribution is 0.0963. The van der Waals surface area contributed by atoms with Crippen LogP contribution in [0.25, 0.3) is 0 Å². The van der Waals surface area contributed by atoms with Crippen molar-refractivity contribution >= 4 is 17.3 Å². The summed E-state index contributed by atoms with van der Waals surface area (Å²) >= 11 is 0. The average molecular weight is 273 g/mol. The van der Waals surface area contributed by atoms with E-state index in [2.05, 4.69) is 5.32 Å². The maximum atomic E-state index is 11.7. The molecule has 1 aromatic carbocycles. The minimum absolute atomic E-state index is 0.131. The van der Waals surface area contributed by atoms with E-state index in [-0.39, 0.29) is 5.91 Å². The zero-order chi connectivity index (χ0) is 14.7. The minimum Gasteiger partial charge on any atom is -0.464 e. The first-order valence-electron chi connectivity index (χ1n) is 6.39. The van der Waals surface area contributed by atoms with Crippen molar-refractivity contribution < 1.29 is 9.21 Å². The van der Waals surface area contributed by atoms with Gasteiger partial charge in [0.15, 0.2) is 0 Å². The number of rotatable bonds is 4. The second-order valence-electron chi connectivity index (χ2n) is 4.72. The predicted molar refractivity (Wildman–Crippen MR) is 79.8 cm³/mol. The van der Waals surface area contributed by atoms with Crippen molar-refractivity contribution in [1.29, 1.82) is 0 Å². The molecule has 1 aromatic heterocycles. The molecule has 3 N–H and O–H groups in total. The van der Waals surface area contributed by atoms with Crippen LogP contribution in [0.5, 0.6) is 0 Å². The Morgan fingerprint density at radius 2 is 2.10 bits per heavy atom. The third-order valence-electron chi connectivity index (χ3n) is 3.12. The molecule has 0 saturated heterocycles. The Morgan fingerprint density at radius 1 is 1.35 bits per heavy atom. The normalized spacial score (nSPS) is 10.3. The second-order valence-corrected chi connectivity index (χ2v) is 4.72. The molecule has 0 aliphatic carbocycles. The fourth-order valence-electron chi connectivity index (χ4n) is 2.05. The van der Waals surface area contributed by atoms with E-state index in [1.807, 2.05) is 31.0 Å². The van der Waals surface area contributed by atoms with Gasteiger partial charge >= 0.3 is 0 Å². The van der Waals surface area contributed by atoms with Crippen LogP contribution in [-0.2, 0) is 6.54 Å². The van der Waals surface area contributed by atoms with Crippen LogP contribution < -0.4 is 16.0 Å². The van der Waals surface area contributed by atoms with E-state index in [1.165, 1.54) is 0 Å². The molecule has 0 atom stereocenters. The van der Waals surface area contributed by atoms with Crippen LogP contribution in [0.1, 0.15) is 21.9 Å². The van der Waals surface area contributed by atoms with E-state index in [4.69, 9.17) is 10.2 Å². The van der Waals surface area contributed by atoms with Gasteiger partial charge in [-0.3, -0.25) is 4.79 Å². The molecular formula is C15H19N3O2. The van der Waals surface area contributed by atoms with Crippen LogP contribution >= 0.6 is 0 Å². The van der Waals surface area contributed by atoms with Gasteiger partial charge in [0.2, 0.25) is 0 Å². The Kier molecular flexibility index (Phi) is 3.98. The van der Waals surface area contributed by atoms with Crippen LogP contribution in [0.4, 0.5) is 11.4 Å². The van der Waals surface area contributed by atoms with Gasteiger partial charge in [-0.05, 0) is 37.3 Å². The lowest BCUT2D eigenvalue weighted by atomic mass is 10.1. The summed E-state index contributed by atoms with van der Waals surface area (Å²) in [6.07, 6.45) is 0. The van der Waals surface area contributed by atoms with E-state index < -0.39 is 0 Å². The number of nitrogen functional groups attached to an aromatic ring is 1. The van der Waals surface area contributed by atoms with E-state index in [0.29, 0.717) is 17.8 Å². The van der Waals surface area contributed by atoms with Gasteiger partial charge in [0, 0.05) is 19.7 Å². The zero-order valence-electron chi connectivity index (χ0n) is 11.9. The monoisotopic (exact) mass is 273 g/mol. The van der Waals surface area contributed by atoms with Crippen LogP contribution in [0.15, 0.2) is 34.7 Å². The molecule has 0 bridgehead atoms. The molecule has 0 aliphatic rings. The quantitative estimate of drug-likeness (QED) is 0.837. The van der Waals surface area contributed by atoms with Gasteiger partial charge in [-0.15, -0.1) is 0 Å². The molecule has 1 heterocycles. The minimum atomic E-state index is -0.131. The number of nitrogens with one attached hydrogen (secondary N) is 1. The molecule has 0 aliphatic heterocycles. The Hall–Kier alpha value is -2.43. The number of carbonyl (C=O) groups is 1. The summed E-state index contributed by atoms with van der Waals surface area (Å²) in [5.41, 5.74) is 8.00. The van der Waals surface area contributed by atoms with Crippen molar-refractivity contribution in [3.05, 3.63) is 47.4 Å². The van der Waals surface area contributed by atoms with E-state index in [0.717, 1.165) is 17.2 Å². The second kappa shape index (κ2) is 5.69. The highest BCUT2D eigenvalue weighted by molar-refractivity contribution is 5.96. The Bertz CT molecular complexity index is 619. The molecule has 0 radical (unpaired) electrons. The first-order valence-corrected chi connectivity index (χ1v) is 6.39. The molecule has 5 heteroatoms. The Morgan fingerprint density at radius 3 is 2.70 bits per heavy atom. The molecule has 20 heavy (non-hydrogen) atoms. The van der Waals surface area contributed by atoms with Gasteiger partial charge < -0.3 is 20.4 Å². The van der Waals surface area contributed by atoms with Crippen molar-refractivity contribution in [2.75, 3.05) is 24.7 Å². The molecule has 2 aromatic rings. The van der Waals surface area contributed by atoms with Crippen molar-refractivity contribution in [2.45, 2.75) is 13.5 Å². The van der Waals surface area contributed by atoms with Crippen LogP contribution in [-0.4, -0.2) is 20.0 Å². The molecule has 0 fully saturated rings. The summed E-state index contributed by atoms with van der Waals surface area (Å²) in [4.78, 5) is 13.6. The number of hydrogen-bond donors (Lipinski definition) is 2. The van der Waals surface area contributed by atoms with Crippen molar-refractivity contribution in [1.82, 2.24) is 5.32 Å². The summed E-state index contributed by atoms with van der Waals surface area (Å²) in [7, 11) is 3.52. The van der Waals surface area contributed by atoms with Gasteiger partial charge in [0.25, 0.3) is 5.91 Å². The largest absolute Gasteiger partial charge is 0.464 e. The smallest absolute Gasteiger partial charge is 0.251 e. The van der Waals surface area contributed by atoms with Crippen LogP contribution in [0.2, 0.25) is 0 Å². The number of benzene rings is 1. The fourth-order valence-corrected chi connectivity index (χ4v) is 2.05. The summed E-state index contributed by atoms with van der Waals surface area (Å²) in [6.45, 7) is 2.50. The highest BCUT2D eigenvalue weighted by Crippen LogP contribution is 2.25. The highest BCUT2D eigenvalue weighted by Gasteiger charge is 2.12. The molecule has 106 valence electrons. The molecule has 0 saturated carbocycles. The molecule has 0 spiro atoms. The molecule has 5 nitrogen and oxygen atoms in total. The summed E-state index contributed by atoms with van der Waals surface area (Å²) < 4.78 is 5.55. The SMILES string of the molecule is CNC(=O)c1ccc(N)c(N(C)Cc2ccc(C)o2)c1. The third-order valence-corrected chi connectivity index (χ3v) is 3.12. The Balaban J connectivity index is 2.24. The lowest BCUT2D eigenvalue weighted by Gasteiger charge is -2.20. The number of furan rings is 1. The van der Waals surface area contributed by atoms with Gasteiger partial charge in [-0.1, -0.05) is 0 Å². The summed E-state index contributed by atoms with van der Waals surface area (Å²) in [6, 6.07) is 9.09. The lowest BCUT2D eigenvalue weighted by Crippen LogP contribution is -2.21. The van der Waals surface area contributed by atoms with Crippen molar-refractivity contribution in [3.63, 3.8) is 0 Å². The van der Waals surface area contributed by atoms with Gasteiger partial charge in [0.05, 0.1) is 17.9 Å². The summed E-state index contributed by atoms with van der Waals surface area (Å²) in [5.74, 6) is 1.60. The number of hydrogen-bond acceptors (Lipinski definition) is 4. The number of nitrogens with zero attached hydrogens (tertiary/aromatic N) is 1. The molecule has 1 amide bonds. The Labute approximate surface area is 118 Å². The van der Waals surface area contributed by atoms with Crippen LogP contribution in [0.3, 0.4) is 0 Å². The van der Waals surface area contributed by atoms with Crippen molar-refractivity contribution in [2.24, 2.45) is 0 Å². The highest BCUT2D eigenvalue weighted by atomic mass is 16.3. The summed E-state index contributed by atoms with van der Waals surface area (Å²) in [5, 5.41) is 2.60. The topological polar surface area (TPSA) is 71.5 Å². The van der Waals surface area contributed by atoms with Gasteiger partial charge in [-0.2, -0.15) is 0 Å². The maximum Gasteiger partial charge on any atom is 0.251 e. The molecule has 2 rings (SSSR count). The van der Waals surface area contributed by atoms with E-state index in [1.54, 1.807) is 25.2 Å². The van der Waals surface area contributed by atoms with Gasteiger partial charge in [-0.25, -0.2) is 0 Å². The first-order chi connectivity index (χ1) is 9.51. The molecular weight excluding hydrogens is 254 g/mol. The average Bonchev–Trinajstić information content (AvgIpc) is 2.83.